The molecule has 4 rings (SSSR count). The van der Waals surface area contributed by atoms with Crippen molar-refractivity contribution in [2.24, 2.45) is 0 Å². The van der Waals surface area contributed by atoms with Gasteiger partial charge in [0, 0.05) is 19.3 Å². The molecule has 1 saturated heterocycles. The standard InChI is InChI=1S/C18H22N4O4/c1-25-18-20-21(11-16(23)19-13-6-8-26-9-7-13)17(24)15-10-12-4-2-3-5-14(12)22(15)18/h3,5,10,13H,2,4,6-9,11H2,1H3,(H,19,23). The van der Waals surface area contributed by atoms with E-state index in [9.17, 15) is 9.59 Å². The summed E-state index contributed by atoms with van der Waals surface area (Å²) < 4.78 is 13.6. The average molecular weight is 358 g/mol. The van der Waals surface area contributed by atoms with E-state index in [2.05, 4.69) is 16.5 Å². The van der Waals surface area contributed by atoms with Crippen molar-refractivity contribution in [1.82, 2.24) is 19.5 Å². The molecule has 0 saturated carbocycles. The van der Waals surface area contributed by atoms with Gasteiger partial charge in [0.1, 0.15) is 12.1 Å². The minimum atomic E-state index is -0.296. The Morgan fingerprint density at radius 1 is 1.42 bits per heavy atom. The predicted octanol–water partition coefficient (Wildman–Crippen LogP) is 0.759. The van der Waals surface area contributed by atoms with E-state index in [0.29, 0.717) is 24.7 Å². The van der Waals surface area contributed by atoms with Crippen molar-refractivity contribution in [1.29, 1.82) is 0 Å². The third-order valence-corrected chi connectivity index (χ3v) is 4.89. The van der Waals surface area contributed by atoms with Gasteiger partial charge in [0.05, 0.1) is 12.8 Å². The Morgan fingerprint density at radius 3 is 3.00 bits per heavy atom. The van der Waals surface area contributed by atoms with E-state index < -0.39 is 0 Å². The number of rotatable bonds is 4. The van der Waals surface area contributed by atoms with Gasteiger partial charge in [0.15, 0.2) is 0 Å². The molecule has 0 bridgehead atoms. The largest absolute Gasteiger partial charge is 0.467 e. The molecule has 3 heterocycles. The third kappa shape index (κ3) is 3.01. The van der Waals surface area contributed by atoms with Crippen LogP contribution in [-0.4, -0.2) is 46.5 Å². The maximum absolute atomic E-state index is 12.8. The first-order valence-electron chi connectivity index (χ1n) is 8.90. The molecular weight excluding hydrogens is 336 g/mol. The average Bonchev–Trinajstić information content (AvgIpc) is 3.05. The van der Waals surface area contributed by atoms with Crippen molar-refractivity contribution in [3.63, 3.8) is 0 Å². The molecule has 138 valence electrons. The van der Waals surface area contributed by atoms with Crippen LogP contribution in [0, 0.1) is 0 Å². The van der Waals surface area contributed by atoms with E-state index in [1.54, 1.807) is 4.40 Å². The summed E-state index contributed by atoms with van der Waals surface area (Å²) in [6, 6.07) is 2.26. The zero-order valence-electron chi connectivity index (χ0n) is 14.7. The van der Waals surface area contributed by atoms with Crippen molar-refractivity contribution in [3.8, 4) is 6.01 Å². The highest BCUT2D eigenvalue weighted by Crippen LogP contribution is 2.25. The molecule has 0 spiro atoms. The lowest BCUT2D eigenvalue weighted by Gasteiger charge is -2.23. The van der Waals surface area contributed by atoms with E-state index in [1.807, 2.05) is 12.1 Å². The van der Waals surface area contributed by atoms with Gasteiger partial charge in [-0.05, 0) is 43.4 Å². The van der Waals surface area contributed by atoms with Gasteiger partial charge in [-0.25, -0.2) is 4.68 Å². The first-order chi connectivity index (χ1) is 12.7. The van der Waals surface area contributed by atoms with Gasteiger partial charge in [0.25, 0.3) is 5.56 Å². The number of nitrogens with zero attached hydrogens (tertiary/aromatic N) is 3. The van der Waals surface area contributed by atoms with Crippen LogP contribution in [0.1, 0.15) is 30.5 Å². The number of fused-ring (bicyclic) bond motifs is 3. The van der Waals surface area contributed by atoms with E-state index in [1.165, 1.54) is 11.8 Å². The van der Waals surface area contributed by atoms with Crippen LogP contribution in [0.15, 0.2) is 16.9 Å². The third-order valence-electron chi connectivity index (χ3n) is 4.89. The minimum absolute atomic E-state index is 0.0864. The Bertz CT molecular complexity index is 921. The van der Waals surface area contributed by atoms with Crippen LogP contribution in [0.2, 0.25) is 0 Å². The number of hydrogen-bond donors (Lipinski definition) is 1. The molecule has 2 aromatic heterocycles. The molecule has 1 fully saturated rings. The number of aryl methyl sites for hydroxylation is 1. The Balaban J connectivity index is 1.65. The lowest BCUT2D eigenvalue weighted by atomic mass is 10.1. The number of carbonyl (C=O) groups excluding carboxylic acids is 1. The highest BCUT2D eigenvalue weighted by atomic mass is 16.5. The van der Waals surface area contributed by atoms with E-state index in [4.69, 9.17) is 9.47 Å². The molecule has 0 atom stereocenters. The summed E-state index contributed by atoms with van der Waals surface area (Å²) in [5.41, 5.74) is 2.20. The van der Waals surface area contributed by atoms with Crippen LogP contribution in [-0.2, 0) is 22.5 Å². The molecule has 1 aliphatic heterocycles. The van der Waals surface area contributed by atoms with Crippen molar-refractivity contribution in [2.45, 2.75) is 38.3 Å². The topological polar surface area (TPSA) is 86.9 Å². The van der Waals surface area contributed by atoms with Gasteiger partial charge in [-0.15, -0.1) is 5.10 Å². The van der Waals surface area contributed by atoms with Crippen molar-refractivity contribution in [2.75, 3.05) is 20.3 Å². The van der Waals surface area contributed by atoms with Crippen LogP contribution in [0.25, 0.3) is 11.6 Å². The molecule has 8 heteroatoms. The first-order valence-corrected chi connectivity index (χ1v) is 8.90. The first kappa shape index (κ1) is 16.8. The summed E-state index contributed by atoms with van der Waals surface area (Å²) in [6.45, 7) is 1.16. The Labute approximate surface area is 150 Å². The van der Waals surface area contributed by atoms with Crippen LogP contribution >= 0.6 is 0 Å². The Kier molecular flexibility index (Phi) is 4.50. The lowest BCUT2D eigenvalue weighted by molar-refractivity contribution is -0.123. The summed E-state index contributed by atoms with van der Waals surface area (Å²) >= 11 is 0. The number of allylic oxidation sites excluding steroid dienone is 1. The number of amides is 1. The highest BCUT2D eigenvalue weighted by Gasteiger charge is 2.21. The minimum Gasteiger partial charge on any atom is -0.467 e. The number of nitrogens with one attached hydrogen (secondary N) is 1. The summed E-state index contributed by atoms with van der Waals surface area (Å²) in [5.74, 6) is -0.228. The zero-order valence-corrected chi connectivity index (χ0v) is 14.7. The van der Waals surface area contributed by atoms with Gasteiger partial charge < -0.3 is 14.8 Å². The van der Waals surface area contributed by atoms with Gasteiger partial charge in [0.2, 0.25) is 5.91 Å². The normalized spacial score (nSPS) is 17.3. The van der Waals surface area contributed by atoms with E-state index in [-0.39, 0.29) is 24.1 Å². The van der Waals surface area contributed by atoms with Crippen molar-refractivity contribution in [3.05, 3.63) is 33.8 Å². The summed E-state index contributed by atoms with van der Waals surface area (Å²) in [4.78, 5) is 25.2. The van der Waals surface area contributed by atoms with Crippen LogP contribution in [0.5, 0.6) is 6.01 Å². The summed E-state index contributed by atoms with van der Waals surface area (Å²) in [7, 11) is 1.51. The fraction of sp³-hybridized carbons (Fsp3) is 0.500. The number of carbonyl (C=O) groups is 1. The van der Waals surface area contributed by atoms with Crippen LogP contribution in [0.3, 0.4) is 0 Å². The second-order valence-electron chi connectivity index (χ2n) is 6.62. The maximum Gasteiger partial charge on any atom is 0.318 e. The van der Waals surface area contributed by atoms with Gasteiger partial charge in [-0.1, -0.05) is 6.08 Å². The summed E-state index contributed by atoms with van der Waals surface area (Å²) in [5, 5.41) is 7.21. The molecule has 0 unspecified atom stereocenters. The number of aromatic nitrogens is 3. The molecule has 1 N–H and O–H groups in total. The molecule has 8 nitrogen and oxygen atoms in total. The Hall–Kier alpha value is -2.61. The molecule has 2 aliphatic rings. The lowest BCUT2D eigenvalue weighted by Crippen LogP contribution is -2.42. The highest BCUT2D eigenvalue weighted by molar-refractivity contribution is 5.76. The fourth-order valence-corrected chi connectivity index (χ4v) is 3.57. The zero-order chi connectivity index (χ0) is 18.1. The van der Waals surface area contributed by atoms with Gasteiger partial charge in [-0.2, -0.15) is 0 Å². The molecule has 1 aliphatic carbocycles. The van der Waals surface area contributed by atoms with E-state index >= 15 is 0 Å². The predicted molar refractivity (Wildman–Crippen MR) is 95.3 cm³/mol. The molecule has 0 aromatic carbocycles. The Morgan fingerprint density at radius 2 is 2.23 bits per heavy atom. The maximum atomic E-state index is 12.8. The van der Waals surface area contributed by atoms with Crippen LogP contribution < -0.4 is 15.6 Å². The molecule has 1 amide bonds. The fourth-order valence-electron chi connectivity index (χ4n) is 3.57. The van der Waals surface area contributed by atoms with Gasteiger partial charge in [-0.3, -0.25) is 14.0 Å². The van der Waals surface area contributed by atoms with Crippen LogP contribution in [0.4, 0.5) is 0 Å². The molecule has 0 radical (unpaired) electrons. The van der Waals surface area contributed by atoms with Crippen molar-refractivity contribution < 1.29 is 14.3 Å². The number of methoxy groups -OCH3 is 1. The monoisotopic (exact) mass is 358 g/mol. The van der Waals surface area contributed by atoms with E-state index in [0.717, 1.165) is 36.9 Å². The van der Waals surface area contributed by atoms with Crippen molar-refractivity contribution >= 4 is 17.5 Å². The second-order valence-corrected chi connectivity index (χ2v) is 6.62. The second kappa shape index (κ2) is 6.95. The molecule has 26 heavy (non-hydrogen) atoms. The smallest absolute Gasteiger partial charge is 0.318 e. The number of ether oxygens (including phenoxy) is 2. The SMILES string of the molecule is COc1nn(CC(=O)NC2CCOCC2)c(=O)c2cc3c(n12)C=CCC3. The molecular formula is C18H22N4O4. The summed E-state index contributed by atoms with van der Waals surface area (Å²) in [6.07, 6.45) is 7.45. The molecule has 2 aromatic rings. The quantitative estimate of drug-likeness (QED) is 0.872. The number of hydrogen-bond acceptors (Lipinski definition) is 5. The van der Waals surface area contributed by atoms with Gasteiger partial charge >= 0.3 is 6.01 Å².